The Balaban J connectivity index is 2.55. The molecule has 2 heteroatoms. The molecular formula is C16H28N2. The molecule has 1 atom stereocenters. The third-order valence-electron chi connectivity index (χ3n) is 3.48. The van der Waals surface area contributed by atoms with Crippen LogP contribution in [0.1, 0.15) is 31.9 Å². The highest BCUT2D eigenvalue weighted by Crippen LogP contribution is 2.11. The van der Waals surface area contributed by atoms with Crippen LogP contribution in [0.3, 0.4) is 0 Å². The Bertz CT molecular complexity index is 347. The summed E-state index contributed by atoms with van der Waals surface area (Å²) in [6.07, 6.45) is 0. The minimum absolute atomic E-state index is 0.573. The molecular weight excluding hydrogens is 220 g/mol. The van der Waals surface area contributed by atoms with Crippen molar-refractivity contribution in [2.75, 3.05) is 20.1 Å². The molecule has 0 saturated carbocycles. The first-order chi connectivity index (χ1) is 8.54. The fourth-order valence-electron chi connectivity index (χ4n) is 2.25. The maximum absolute atomic E-state index is 3.57. The van der Waals surface area contributed by atoms with Gasteiger partial charge in [0.05, 0.1) is 0 Å². The second-order valence-corrected chi connectivity index (χ2v) is 5.53. The summed E-state index contributed by atoms with van der Waals surface area (Å²) < 4.78 is 0. The summed E-state index contributed by atoms with van der Waals surface area (Å²) in [6.45, 7) is 12.1. The van der Waals surface area contributed by atoms with Crippen LogP contribution >= 0.6 is 0 Å². The van der Waals surface area contributed by atoms with Gasteiger partial charge in [0, 0.05) is 19.1 Å². The van der Waals surface area contributed by atoms with Crippen molar-refractivity contribution >= 4 is 0 Å². The van der Waals surface area contributed by atoms with E-state index in [1.165, 1.54) is 11.1 Å². The lowest BCUT2D eigenvalue weighted by Crippen LogP contribution is -2.42. The average molecular weight is 248 g/mol. The molecule has 1 unspecified atom stereocenters. The Labute approximate surface area is 112 Å². The summed E-state index contributed by atoms with van der Waals surface area (Å²) in [5.74, 6) is 0.671. The lowest BCUT2D eigenvalue weighted by Gasteiger charge is -2.28. The molecule has 1 aromatic carbocycles. The fourth-order valence-corrected chi connectivity index (χ4v) is 2.25. The van der Waals surface area contributed by atoms with Crippen molar-refractivity contribution in [3.8, 4) is 0 Å². The number of benzene rings is 1. The van der Waals surface area contributed by atoms with Gasteiger partial charge in [0.25, 0.3) is 0 Å². The zero-order valence-electron chi connectivity index (χ0n) is 12.5. The number of nitrogens with zero attached hydrogens (tertiary/aromatic N) is 1. The highest BCUT2D eigenvalue weighted by atomic mass is 15.1. The van der Waals surface area contributed by atoms with Crippen LogP contribution in [-0.4, -0.2) is 31.1 Å². The molecule has 0 aliphatic rings. The molecule has 0 amide bonds. The van der Waals surface area contributed by atoms with E-state index in [0.29, 0.717) is 12.0 Å². The lowest BCUT2D eigenvalue weighted by molar-refractivity contribution is 0.250. The molecule has 0 fully saturated rings. The van der Waals surface area contributed by atoms with Crippen LogP contribution in [0.25, 0.3) is 0 Å². The van der Waals surface area contributed by atoms with Gasteiger partial charge in [-0.05, 0) is 37.6 Å². The first kappa shape index (κ1) is 15.2. The Morgan fingerprint density at radius 1 is 1.22 bits per heavy atom. The number of likely N-dealkylation sites (N-methyl/N-ethyl adjacent to an activating group) is 2. The van der Waals surface area contributed by atoms with E-state index in [2.05, 4.69) is 69.2 Å². The molecule has 0 radical (unpaired) electrons. The molecule has 1 rings (SSSR count). The summed E-state index contributed by atoms with van der Waals surface area (Å²) in [6, 6.07) is 9.22. The minimum atomic E-state index is 0.573. The first-order valence-electron chi connectivity index (χ1n) is 7.01. The normalized spacial score (nSPS) is 13.3. The topological polar surface area (TPSA) is 15.3 Å². The Kier molecular flexibility index (Phi) is 6.37. The Morgan fingerprint density at radius 3 is 2.44 bits per heavy atom. The number of rotatable bonds is 7. The quantitative estimate of drug-likeness (QED) is 0.798. The maximum atomic E-state index is 3.57. The third-order valence-corrected chi connectivity index (χ3v) is 3.48. The van der Waals surface area contributed by atoms with Crippen LogP contribution in [0, 0.1) is 12.8 Å². The van der Waals surface area contributed by atoms with Crippen molar-refractivity contribution < 1.29 is 0 Å². The predicted octanol–water partition coefficient (Wildman–Crippen LogP) is 3.06. The smallest absolute Gasteiger partial charge is 0.0233 e. The summed E-state index contributed by atoms with van der Waals surface area (Å²) in [5, 5.41) is 3.57. The second-order valence-electron chi connectivity index (χ2n) is 5.53. The molecule has 102 valence electrons. The number of hydrogen-bond acceptors (Lipinski definition) is 2. The van der Waals surface area contributed by atoms with Crippen LogP contribution < -0.4 is 5.32 Å². The van der Waals surface area contributed by atoms with Crippen molar-refractivity contribution in [3.05, 3.63) is 35.4 Å². The van der Waals surface area contributed by atoms with E-state index in [0.717, 1.165) is 19.6 Å². The van der Waals surface area contributed by atoms with E-state index < -0.39 is 0 Å². The molecule has 0 aliphatic carbocycles. The largest absolute Gasteiger partial charge is 0.313 e. The molecule has 0 aromatic heterocycles. The van der Waals surface area contributed by atoms with E-state index in [4.69, 9.17) is 0 Å². The van der Waals surface area contributed by atoms with Crippen molar-refractivity contribution in [3.63, 3.8) is 0 Å². The van der Waals surface area contributed by atoms with Gasteiger partial charge in [-0.1, -0.05) is 45.0 Å². The molecule has 0 heterocycles. The molecule has 0 aliphatic heterocycles. The summed E-state index contributed by atoms with van der Waals surface area (Å²) in [7, 11) is 2.21. The molecule has 2 nitrogen and oxygen atoms in total. The Hall–Kier alpha value is -0.860. The van der Waals surface area contributed by atoms with Crippen molar-refractivity contribution in [2.24, 2.45) is 5.92 Å². The summed E-state index contributed by atoms with van der Waals surface area (Å²) >= 11 is 0. The molecule has 0 saturated heterocycles. The predicted molar refractivity (Wildman–Crippen MR) is 79.8 cm³/mol. The summed E-state index contributed by atoms with van der Waals surface area (Å²) in [5.41, 5.74) is 2.81. The van der Waals surface area contributed by atoms with Gasteiger partial charge in [0.1, 0.15) is 0 Å². The maximum Gasteiger partial charge on any atom is 0.0233 e. The van der Waals surface area contributed by atoms with E-state index in [-0.39, 0.29) is 0 Å². The van der Waals surface area contributed by atoms with Gasteiger partial charge in [-0.25, -0.2) is 0 Å². The number of aryl methyl sites for hydroxylation is 1. The van der Waals surface area contributed by atoms with Crippen LogP contribution in [0.2, 0.25) is 0 Å². The van der Waals surface area contributed by atoms with Crippen molar-refractivity contribution in [2.45, 2.75) is 40.3 Å². The molecule has 0 spiro atoms. The first-order valence-corrected chi connectivity index (χ1v) is 7.01. The third kappa shape index (κ3) is 4.79. The molecule has 18 heavy (non-hydrogen) atoms. The van der Waals surface area contributed by atoms with E-state index >= 15 is 0 Å². The zero-order valence-corrected chi connectivity index (χ0v) is 12.5. The van der Waals surface area contributed by atoms with Crippen molar-refractivity contribution in [1.82, 2.24) is 10.2 Å². The van der Waals surface area contributed by atoms with Crippen LogP contribution in [0.5, 0.6) is 0 Å². The highest BCUT2D eigenvalue weighted by molar-refractivity contribution is 5.25. The zero-order chi connectivity index (χ0) is 13.5. The van der Waals surface area contributed by atoms with E-state index in [1.807, 2.05) is 0 Å². The van der Waals surface area contributed by atoms with Crippen LogP contribution in [0.4, 0.5) is 0 Å². The van der Waals surface area contributed by atoms with Gasteiger partial charge in [0.15, 0.2) is 0 Å². The summed E-state index contributed by atoms with van der Waals surface area (Å²) in [4.78, 5) is 2.41. The van der Waals surface area contributed by atoms with Crippen LogP contribution in [0.15, 0.2) is 24.3 Å². The van der Waals surface area contributed by atoms with Gasteiger partial charge >= 0.3 is 0 Å². The van der Waals surface area contributed by atoms with Crippen LogP contribution in [-0.2, 0) is 6.54 Å². The minimum Gasteiger partial charge on any atom is -0.313 e. The van der Waals surface area contributed by atoms with Crippen molar-refractivity contribution in [1.29, 1.82) is 0 Å². The lowest BCUT2D eigenvalue weighted by atomic mass is 10.0. The van der Waals surface area contributed by atoms with E-state index in [1.54, 1.807) is 0 Å². The average Bonchev–Trinajstić information content (AvgIpc) is 2.31. The molecule has 0 bridgehead atoms. The SMILES string of the molecule is CCNC(CN(C)Cc1ccccc1C)C(C)C. The molecule has 1 N–H and O–H groups in total. The van der Waals surface area contributed by atoms with Gasteiger partial charge < -0.3 is 10.2 Å². The molecule has 1 aromatic rings. The second kappa shape index (κ2) is 7.55. The van der Waals surface area contributed by atoms with Gasteiger partial charge in [0.2, 0.25) is 0 Å². The monoisotopic (exact) mass is 248 g/mol. The highest BCUT2D eigenvalue weighted by Gasteiger charge is 2.14. The van der Waals surface area contributed by atoms with Gasteiger partial charge in [-0.2, -0.15) is 0 Å². The fraction of sp³-hybridized carbons (Fsp3) is 0.625. The van der Waals surface area contributed by atoms with Gasteiger partial charge in [-0.15, -0.1) is 0 Å². The van der Waals surface area contributed by atoms with E-state index in [9.17, 15) is 0 Å². The van der Waals surface area contributed by atoms with Gasteiger partial charge in [-0.3, -0.25) is 0 Å². The Morgan fingerprint density at radius 2 is 1.89 bits per heavy atom. The number of hydrogen-bond donors (Lipinski definition) is 1. The standard InChI is InChI=1S/C16H28N2/c1-6-17-16(13(2)3)12-18(5)11-15-10-8-7-9-14(15)4/h7-10,13,16-17H,6,11-12H2,1-5H3. The number of nitrogens with one attached hydrogen (secondary N) is 1.